The van der Waals surface area contributed by atoms with Gasteiger partial charge in [0, 0.05) is 5.66 Å². The Labute approximate surface area is 162 Å². The molecule has 148 valence electrons. The van der Waals surface area contributed by atoms with Crippen molar-refractivity contribution >= 4 is 14.6 Å². The first-order valence-corrected chi connectivity index (χ1v) is 11.1. The van der Waals surface area contributed by atoms with Crippen LogP contribution >= 0.6 is 8.58 Å². The molecule has 0 aromatic heterocycles. The Bertz CT molecular complexity index is 581. The second kappa shape index (κ2) is 8.74. The summed E-state index contributed by atoms with van der Waals surface area (Å²) in [4.78, 5) is 12.5. The Balaban J connectivity index is 2.91. The van der Waals surface area contributed by atoms with E-state index in [2.05, 4.69) is 39.6 Å². The number of carbonyl (C=O) groups is 1. The second-order valence-corrected chi connectivity index (χ2v) is 10.6. The normalized spacial score (nSPS) is 16.3. The van der Waals surface area contributed by atoms with Crippen LogP contribution in [0.15, 0.2) is 24.3 Å². The lowest BCUT2D eigenvalue weighted by molar-refractivity contribution is -0.172. The number of esters is 1. The predicted molar refractivity (Wildman–Crippen MR) is 113 cm³/mol. The molecule has 0 saturated heterocycles. The largest absolute Gasteiger partial charge is 0.476 e. The molecule has 1 aromatic rings. The van der Waals surface area contributed by atoms with E-state index in [0.717, 1.165) is 15.0 Å². The lowest BCUT2D eigenvalue weighted by Crippen LogP contribution is -2.45. The number of benzene rings is 1. The van der Waals surface area contributed by atoms with Crippen molar-refractivity contribution < 1.29 is 14.3 Å². The molecule has 0 aliphatic rings. The lowest BCUT2D eigenvalue weighted by atomic mass is 9.88. The molecule has 3 unspecified atom stereocenters. The van der Waals surface area contributed by atoms with Crippen LogP contribution in [0.2, 0.25) is 0 Å². The van der Waals surface area contributed by atoms with E-state index in [-0.39, 0.29) is 5.97 Å². The molecule has 0 N–H and O–H groups in total. The van der Waals surface area contributed by atoms with E-state index in [1.165, 1.54) is 5.56 Å². The first kappa shape index (κ1) is 23.0. The van der Waals surface area contributed by atoms with Gasteiger partial charge in [0.2, 0.25) is 5.60 Å². The molecule has 0 bridgehead atoms. The van der Waals surface area contributed by atoms with Crippen molar-refractivity contribution in [2.45, 2.75) is 85.1 Å². The van der Waals surface area contributed by atoms with Gasteiger partial charge in [0.15, 0.2) is 0 Å². The summed E-state index contributed by atoms with van der Waals surface area (Å²) in [7, 11) is 0.861. The van der Waals surface area contributed by atoms with Crippen LogP contribution in [0, 0.1) is 5.41 Å². The first-order valence-electron chi connectivity index (χ1n) is 9.49. The average Bonchev–Trinajstić information content (AvgIpc) is 2.50. The van der Waals surface area contributed by atoms with E-state index in [0.29, 0.717) is 23.2 Å². The molecule has 3 nitrogen and oxygen atoms in total. The van der Waals surface area contributed by atoms with E-state index in [4.69, 9.17) is 9.47 Å². The Morgan fingerprint density at radius 1 is 1.04 bits per heavy atom. The zero-order valence-corrected chi connectivity index (χ0v) is 19.0. The SMILES string of the molecule is CCC(C)(Oc1ccc(C(CC(C)(C)C)PC)cc1)C(=O)OC(C)(C)C. The van der Waals surface area contributed by atoms with Gasteiger partial charge in [-0.1, -0.05) is 39.8 Å². The zero-order valence-electron chi connectivity index (χ0n) is 18.0. The summed E-state index contributed by atoms with van der Waals surface area (Å²) in [6.07, 6.45) is 1.71. The fourth-order valence-corrected chi connectivity index (χ4v) is 4.01. The Hall–Kier alpha value is -1.08. The third-order valence-corrected chi connectivity index (χ3v) is 5.53. The van der Waals surface area contributed by atoms with Crippen LogP contribution in [0.4, 0.5) is 0 Å². The molecule has 3 atom stereocenters. The molecule has 0 spiro atoms. The van der Waals surface area contributed by atoms with Gasteiger partial charge >= 0.3 is 5.97 Å². The Morgan fingerprint density at radius 2 is 1.58 bits per heavy atom. The summed E-state index contributed by atoms with van der Waals surface area (Å²) in [5, 5.41) is 0. The fourth-order valence-electron chi connectivity index (χ4n) is 2.67. The standard InChI is InChI=1S/C22H37O3P/c1-10-22(8,19(23)25-21(5,6)7)24-17-13-11-16(12-14-17)18(26-9)15-20(2,3)4/h11-14,18,26H,10,15H2,1-9H3. The van der Waals surface area contributed by atoms with E-state index >= 15 is 0 Å². The van der Waals surface area contributed by atoms with E-state index in [9.17, 15) is 4.79 Å². The van der Waals surface area contributed by atoms with Gasteiger partial charge in [-0.3, -0.25) is 0 Å². The highest BCUT2D eigenvalue weighted by molar-refractivity contribution is 7.37. The molecule has 0 saturated carbocycles. The predicted octanol–water partition coefficient (Wildman–Crippen LogP) is 6.36. The maximum atomic E-state index is 12.5. The van der Waals surface area contributed by atoms with Crippen molar-refractivity contribution in [3.63, 3.8) is 0 Å². The van der Waals surface area contributed by atoms with Crippen molar-refractivity contribution in [1.29, 1.82) is 0 Å². The van der Waals surface area contributed by atoms with Gasteiger partial charge in [-0.2, -0.15) is 0 Å². The van der Waals surface area contributed by atoms with Gasteiger partial charge in [0.1, 0.15) is 11.4 Å². The summed E-state index contributed by atoms with van der Waals surface area (Å²) in [6, 6.07) is 8.22. The summed E-state index contributed by atoms with van der Waals surface area (Å²) in [6.45, 7) is 18.5. The lowest BCUT2D eigenvalue weighted by Gasteiger charge is -2.31. The van der Waals surface area contributed by atoms with Crippen molar-refractivity contribution in [3.8, 4) is 5.75 Å². The van der Waals surface area contributed by atoms with Crippen molar-refractivity contribution in [2.75, 3.05) is 6.66 Å². The minimum Gasteiger partial charge on any atom is -0.476 e. The minimum absolute atomic E-state index is 0.306. The number of rotatable bonds is 7. The van der Waals surface area contributed by atoms with Crippen molar-refractivity contribution in [2.24, 2.45) is 5.41 Å². The highest BCUT2D eigenvalue weighted by Crippen LogP contribution is 2.41. The van der Waals surface area contributed by atoms with Gasteiger partial charge in [0.25, 0.3) is 0 Å². The molecule has 26 heavy (non-hydrogen) atoms. The quantitative estimate of drug-likeness (QED) is 0.408. The van der Waals surface area contributed by atoms with Gasteiger partial charge in [0.05, 0.1) is 0 Å². The molecule has 4 heteroatoms. The van der Waals surface area contributed by atoms with E-state index < -0.39 is 11.2 Å². The molecule has 0 aliphatic heterocycles. The highest BCUT2D eigenvalue weighted by Gasteiger charge is 2.38. The van der Waals surface area contributed by atoms with Crippen LogP contribution in [-0.2, 0) is 9.53 Å². The van der Waals surface area contributed by atoms with E-state index in [1.807, 2.05) is 39.8 Å². The van der Waals surface area contributed by atoms with Gasteiger partial charge in [-0.05, 0) is 70.3 Å². The smallest absolute Gasteiger partial charge is 0.350 e. The molecule has 0 aliphatic carbocycles. The summed E-state index contributed by atoms with van der Waals surface area (Å²) < 4.78 is 11.6. The molecular weight excluding hydrogens is 343 g/mol. The topological polar surface area (TPSA) is 35.5 Å². The minimum atomic E-state index is -0.980. The Morgan fingerprint density at radius 3 is 1.96 bits per heavy atom. The number of hydrogen-bond acceptors (Lipinski definition) is 3. The highest BCUT2D eigenvalue weighted by atomic mass is 31.1. The van der Waals surface area contributed by atoms with Crippen LogP contribution in [0.1, 0.15) is 79.5 Å². The van der Waals surface area contributed by atoms with Crippen LogP contribution in [-0.4, -0.2) is 23.8 Å². The van der Waals surface area contributed by atoms with Crippen LogP contribution < -0.4 is 4.74 Å². The van der Waals surface area contributed by atoms with Crippen molar-refractivity contribution in [3.05, 3.63) is 29.8 Å². The summed E-state index contributed by atoms with van der Waals surface area (Å²) >= 11 is 0. The number of ether oxygens (including phenoxy) is 2. The first-order chi connectivity index (χ1) is 11.8. The third kappa shape index (κ3) is 7.27. The maximum Gasteiger partial charge on any atom is 0.350 e. The molecule has 1 aromatic carbocycles. The molecule has 0 fully saturated rings. The second-order valence-electron chi connectivity index (χ2n) is 9.36. The summed E-state index contributed by atoms with van der Waals surface area (Å²) in [5.41, 5.74) is 0.700. The van der Waals surface area contributed by atoms with Gasteiger partial charge in [-0.15, -0.1) is 8.58 Å². The molecular formula is C22H37O3P. The average molecular weight is 381 g/mol. The van der Waals surface area contributed by atoms with Crippen molar-refractivity contribution in [1.82, 2.24) is 0 Å². The zero-order chi connectivity index (χ0) is 20.2. The van der Waals surface area contributed by atoms with Gasteiger partial charge < -0.3 is 9.47 Å². The summed E-state index contributed by atoms with van der Waals surface area (Å²) in [5.74, 6) is 0.384. The number of carbonyl (C=O) groups excluding carboxylic acids is 1. The monoisotopic (exact) mass is 380 g/mol. The van der Waals surface area contributed by atoms with Crippen LogP contribution in [0.5, 0.6) is 5.75 Å². The molecule has 1 rings (SSSR count). The fraction of sp³-hybridized carbons (Fsp3) is 0.682. The van der Waals surface area contributed by atoms with Crippen LogP contribution in [0.25, 0.3) is 0 Å². The number of hydrogen-bond donors (Lipinski definition) is 0. The van der Waals surface area contributed by atoms with Crippen LogP contribution in [0.3, 0.4) is 0 Å². The molecule has 0 amide bonds. The van der Waals surface area contributed by atoms with E-state index in [1.54, 1.807) is 6.92 Å². The molecule has 0 heterocycles. The molecule has 0 radical (unpaired) electrons. The van der Waals surface area contributed by atoms with Gasteiger partial charge in [-0.25, -0.2) is 4.79 Å². The Kier molecular flexibility index (Phi) is 7.72. The maximum absolute atomic E-state index is 12.5. The third-order valence-electron chi connectivity index (χ3n) is 4.30.